The summed E-state index contributed by atoms with van der Waals surface area (Å²) < 4.78 is 10.7. The number of nitrogens with zero attached hydrogens (tertiary/aromatic N) is 3. The van der Waals surface area contributed by atoms with E-state index < -0.39 is 5.97 Å². The van der Waals surface area contributed by atoms with Crippen LogP contribution in [-0.4, -0.2) is 36.1 Å². The molecule has 1 amide bonds. The number of para-hydroxylation sites is 1. The minimum atomic E-state index is -0.422. The molecule has 0 bridgehead atoms. The first kappa shape index (κ1) is 23.8. The summed E-state index contributed by atoms with van der Waals surface area (Å²) in [5.41, 5.74) is 3.13. The lowest BCUT2D eigenvalue weighted by atomic mass is 10.1. The lowest BCUT2D eigenvalue weighted by Crippen LogP contribution is -2.23. The minimum absolute atomic E-state index is 0.176. The van der Waals surface area contributed by atoms with E-state index in [1.54, 1.807) is 43.5 Å². The Bertz CT molecular complexity index is 1370. The molecule has 0 aromatic heterocycles. The lowest BCUT2D eigenvalue weighted by Gasteiger charge is -2.10. The number of amidine groups is 1. The Labute approximate surface area is 207 Å². The first-order valence-corrected chi connectivity index (χ1v) is 11.5. The molecule has 1 saturated heterocycles. The molecule has 8 heteroatoms. The van der Waals surface area contributed by atoms with Gasteiger partial charge in [-0.25, -0.2) is 9.79 Å². The van der Waals surface area contributed by atoms with Crippen LogP contribution >= 0.6 is 11.8 Å². The van der Waals surface area contributed by atoms with Crippen LogP contribution in [-0.2, 0) is 16.1 Å². The summed E-state index contributed by atoms with van der Waals surface area (Å²) in [4.78, 5) is 31.0. The molecule has 1 fully saturated rings. The zero-order valence-electron chi connectivity index (χ0n) is 19.1. The molecule has 35 heavy (non-hydrogen) atoms. The van der Waals surface area contributed by atoms with Crippen LogP contribution in [0, 0.1) is 11.3 Å². The quantitative estimate of drug-likeness (QED) is 0.355. The number of amides is 1. The maximum atomic E-state index is 12.9. The van der Waals surface area contributed by atoms with E-state index in [4.69, 9.17) is 9.47 Å². The molecular formula is C27H21N3O4S. The van der Waals surface area contributed by atoms with Crippen LogP contribution in [0.4, 0.5) is 5.69 Å². The number of likely N-dealkylation sites (N-methyl/N-ethyl adjacent to an activating group) is 1. The molecule has 174 valence electrons. The summed E-state index contributed by atoms with van der Waals surface area (Å²) in [6.07, 6.45) is 1.78. The fraction of sp³-hybridized carbons (Fsp3) is 0.111. The molecule has 0 spiro atoms. The Kier molecular flexibility index (Phi) is 7.29. The largest absolute Gasteiger partial charge is 0.488 e. The van der Waals surface area contributed by atoms with Gasteiger partial charge in [-0.05, 0) is 54.2 Å². The average Bonchev–Trinajstić information content (AvgIpc) is 3.15. The van der Waals surface area contributed by atoms with Gasteiger partial charge in [0.05, 0.1) is 34.9 Å². The van der Waals surface area contributed by atoms with E-state index in [1.807, 2.05) is 42.5 Å². The highest BCUT2D eigenvalue weighted by Crippen LogP contribution is 2.35. The molecule has 1 aliphatic rings. The number of rotatable bonds is 6. The Morgan fingerprint density at radius 2 is 1.80 bits per heavy atom. The molecule has 1 heterocycles. The zero-order chi connectivity index (χ0) is 24.8. The second-order valence-corrected chi connectivity index (χ2v) is 8.51. The van der Waals surface area contributed by atoms with Gasteiger partial charge in [0.15, 0.2) is 5.17 Å². The fourth-order valence-electron chi connectivity index (χ4n) is 3.34. The van der Waals surface area contributed by atoms with Crippen molar-refractivity contribution >= 4 is 40.6 Å². The molecule has 0 N–H and O–H groups in total. The number of aliphatic imine (C=N–C) groups is 1. The number of hydrogen-bond donors (Lipinski definition) is 0. The van der Waals surface area contributed by atoms with Gasteiger partial charge in [0.25, 0.3) is 5.91 Å². The molecule has 4 rings (SSSR count). The zero-order valence-corrected chi connectivity index (χ0v) is 19.9. The SMILES string of the molecule is COC(=O)c1ccc(N=C2S/C(=C/c3ccccc3OCc3ccccc3C#N)C(=O)N2C)cc1. The normalized spacial score (nSPS) is 15.3. The highest BCUT2D eigenvalue weighted by atomic mass is 32.2. The first-order valence-electron chi connectivity index (χ1n) is 10.6. The fourth-order valence-corrected chi connectivity index (χ4v) is 4.31. The highest BCUT2D eigenvalue weighted by Gasteiger charge is 2.30. The van der Waals surface area contributed by atoms with Gasteiger partial charge >= 0.3 is 5.97 Å². The lowest BCUT2D eigenvalue weighted by molar-refractivity contribution is -0.121. The standard InChI is InChI=1S/C27H21N3O4S/c1-30-25(31)24(35-27(30)29-22-13-11-18(12-14-22)26(32)33-2)15-19-7-5-6-10-23(19)34-17-21-9-4-3-8-20(21)16-28/h3-15H,17H2,1-2H3/b24-15+,29-27?. The number of ether oxygens (including phenoxy) is 2. The van der Waals surface area contributed by atoms with E-state index in [9.17, 15) is 14.9 Å². The molecule has 0 aliphatic carbocycles. The van der Waals surface area contributed by atoms with Crippen molar-refractivity contribution in [2.45, 2.75) is 6.61 Å². The first-order chi connectivity index (χ1) is 17.0. The summed E-state index contributed by atoms with van der Waals surface area (Å²) >= 11 is 1.26. The monoisotopic (exact) mass is 483 g/mol. The van der Waals surface area contributed by atoms with E-state index >= 15 is 0 Å². The van der Waals surface area contributed by atoms with Crippen LogP contribution in [0.1, 0.15) is 27.0 Å². The molecule has 1 aliphatic heterocycles. The summed E-state index contributed by atoms with van der Waals surface area (Å²) in [7, 11) is 2.99. The van der Waals surface area contributed by atoms with E-state index in [-0.39, 0.29) is 12.5 Å². The van der Waals surface area contributed by atoms with Crippen molar-refractivity contribution in [3.05, 3.63) is 100.0 Å². The predicted molar refractivity (Wildman–Crippen MR) is 135 cm³/mol. The van der Waals surface area contributed by atoms with Crippen molar-refractivity contribution in [3.8, 4) is 11.8 Å². The number of esters is 1. The van der Waals surface area contributed by atoms with Gasteiger partial charge in [0, 0.05) is 18.2 Å². The predicted octanol–water partition coefficient (Wildman–Crippen LogP) is 5.16. The van der Waals surface area contributed by atoms with Gasteiger partial charge < -0.3 is 9.47 Å². The summed E-state index contributed by atoms with van der Waals surface area (Å²) in [6.45, 7) is 0.235. The van der Waals surface area contributed by atoms with Crippen LogP contribution < -0.4 is 4.74 Å². The molecule has 0 saturated carbocycles. The third kappa shape index (κ3) is 5.42. The third-order valence-electron chi connectivity index (χ3n) is 5.24. The number of methoxy groups -OCH3 is 1. The van der Waals surface area contributed by atoms with Crippen LogP contribution in [0.15, 0.2) is 82.7 Å². The van der Waals surface area contributed by atoms with E-state index in [1.165, 1.54) is 23.8 Å². The van der Waals surface area contributed by atoms with Crippen molar-refractivity contribution in [2.24, 2.45) is 4.99 Å². The number of nitriles is 1. The molecule has 0 atom stereocenters. The maximum Gasteiger partial charge on any atom is 0.337 e. The Morgan fingerprint density at radius 3 is 2.54 bits per heavy atom. The molecule has 7 nitrogen and oxygen atoms in total. The van der Waals surface area contributed by atoms with Crippen LogP contribution in [0.2, 0.25) is 0 Å². The van der Waals surface area contributed by atoms with Gasteiger partial charge in [-0.2, -0.15) is 5.26 Å². The number of carbonyl (C=O) groups is 2. The van der Waals surface area contributed by atoms with Crippen molar-refractivity contribution in [1.29, 1.82) is 5.26 Å². The maximum absolute atomic E-state index is 12.9. The van der Waals surface area contributed by atoms with Gasteiger partial charge in [-0.3, -0.25) is 9.69 Å². The number of carbonyl (C=O) groups excluding carboxylic acids is 2. The Hall–Kier alpha value is -4.35. The second kappa shape index (κ2) is 10.7. The number of hydrogen-bond acceptors (Lipinski definition) is 7. The van der Waals surface area contributed by atoms with E-state index in [2.05, 4.69) is 11.1 Å². The van der Waals surface area contributed by atoms with Gasteiger partial charge in [0.2, 0.25) is 0 Å². The number of thioether (sulfide) groups is 1. The molecule has 3 aromatic rings. The van der Waals surface area contributed by atoms with Crippen molar-refractivity contribution < 1.29 is 19.1 Å². The summed E-state index contributed by atoms with van der Waals surface area (Å²) in [5.74, 6) is 0.00565. The van der Waals surface area contributed by atoms with Crippen molar-refractivity contribution in [2.75, 3.05) is 14.2 Å². The Balaban J connectivity index is 1.54. The van der Waals surface area contributed by atoms with E-state index in [0.717, 1.165) is 11.1 Å². The second-order valence-electron chi connectivity index (χ2n) is 7.50. The molecular weight excluding hydrogens is 462 g/mol. The van der Waals surface area contributed by atoms with Gasteiger partial charge in [0.1, 0.15) is 12.4 Å². The summed E-state index contributed by atoms with van der Waals surface area (Å²) in [5, 5.41) is 9.82. The Morgan fingerprint density at radius 1 is 1.09 bits per heavy atom. The minimum Gasteiger partial charge on any atom is -0.488 e. The molecule has 0 unspecified atom stereocenters. The van der Waals surface area contributed by atoms with Crippen LogP contribution in [0.25, 0.3) is 6.08 Å². The molecule has 3 aromatic carbocycles. The van der Waals surface area contributed by atoms with Crippen molar-refractivity contribution in [1.82, 2.24) is 4.90 Å². The van der Waals surface area contributed by atoms with Crippen LogP contribution in [0.3, 0.4) is 0 Å². The summed E-state index contributed by atoms with van der Waals surface area (Å²) in [6, 6.07) is 23.5. The molecule has 0 radical (unpaired) electrons. The highest BCUT2D eigenvalue weighted by molar-refractivity contribution is 8.18. The number of benzene rings is 3. The van der Waals surface area contributed by atoms with Crippen LogP contribution in [0.5, 0.6) is 5.75 Å². The van der Waals surface area contributed by atoms with E-state index in [0.29, 0.717) is 32.6 Å². The average molecular weight is 484 g/mol. The smallest absolute Gasteiger partial charge is 0.337 e. The van der Waals surface area contributed by atoms with Crippen molar-refractivity contribution in [3.63, 3.8) is 0 Å². The van der Waals surface area contributed by atoms with Gasteiger partial charge in [-0.1, -0.05) is 36.4 Å². The topological polar surface area (TPSA) is 92.0 Å². The van der Waals surface area contributed by atoms with Gasteiger partial charge in [-0.15, -0.1) is 0 Å². The third-order valence-corrected chi connectivity index (χ3v) is 6.30.